The van der Waals surface area contributed by atoms with Crippen molar-refractivity contribution < 1.29 is 88.5 Å². The average Bonchev–Trinajstić information content (AvgIpc) is 3.32. The molecule has 0 heterocycles. The second kappa shape index (κ2) is 31.6. The summed E-state index contributed by atoms with van der Waals surface area (Å²) in [7, 11) is 0. The van der Waals surface area contributed by atoms with E-state index >= 15 is 0 Å². The summed E-state index contributed by atoms with van der Waals surface area (Å²) in [5, 5.41) is 85.8. The number of aliphatic imine (C=N–C) groups is 1. The van der Waals surface area contributed by atoms with Crippen LogP contribution in [-0.2, 0) is 59.2 Å². The summed E-state index contributed by atoms with van der Waals surface area (Å²) in [4.78, 5) is 146. The highest BCUT2D eigenvalue weighted by atomic mass is 16.4. The van der Waals surface area contributed by atoms with E-state index in [2.05, 4.69) is 31.6 Å². The van der Waals surface area contributed by atoms with Crippen molar-refractivity contribution in [3.05, 3.63) is 29.8 Å². The van der Waals surface area contributed by atoms with Crippen molar-refractivity contribution >= 4 is 71.1 Å². The molecule has 73 heavy (non-hydrogen) atoms. The zero-order valence-electron chi connectivity index (χ0n) is 40.1. The molecule has 1 aromatic rings. The second-order valence-electron chi connectivity index (χ2n) is 16.5. The number of carbonyl (C=O) groups is 11. The molecule has 0 aliphatic heterocycles. The van der Waals surface area contributed by atoms with E-state index in [1.54, 1.807) is 6.92 Å². The van der Waals surface area contributed by atoms with Crippen LogP contribution in [0.3, 0.4) is 0 Å². The number of nitrogens with zero attached hydrogens (tertiary/aromatic N) is 1. The molecule has 31 heteroatoms. The molecule has 9 amide bonds. The van der Waals surface area contributed by atoms with Crippen molar-refractivity contribution in [1.82, 2.24) is 42.5 Å². The van der Waals surface area contributed by atoms with Gasteiger partial charge in [0, 0.05) is 13.0 Å². The van der Waals surface area contributed by atoms with Gasteiger partial charge in [-0.25, -0.2) is 4.79 Å². The standard InChI is InChI=1S/C42H67N13O18/c1-4-18(2)31(39(70)55-32(19(3)59)40(71)48-23(41(72)73)6-5-11-47-42(45)46)54-36(67)24(12-20-7-9-21(60)10-8-20)50-34(65)25(13-29(44)61)51-37(68)27(16-57)53-38(69)28(17-58)52-35(66)26(14-30(62)63)49-33(64)22(43)15-56/h7-10,18-19,22-28,31-32,56-60H,4-6,11-17,43H2,1-3H3,(H2,44,61)(H,48,71)(H,49,64)(H,50,65)(H,51,68)(H,52,66)(H,53,69)(H,54,67)(H,55,70)(H,62,63)(H,72,73)(H4,45,46,47)/t18-,19+,22-,23-,24-,25-,26-,27-,28-,31-,32-/m0/s1. The number of carboxylic acids is 2. The van der Waals surface area contributed by atoms with Crippen LogP contribution in [0, 0.1) is 5.92 Å². The third-order valence-corrected chi connectivity index (χ3v) is 10.6. The molecule has 0 radical (unpaired) electrons. The lowest BCUT2D eigenvalue weighted by molar-refractivity contribution is -0.143. The molecule has 0 unspecified atom stereocenters. The highest BCUT2D eigenvalue weighted by Gasteiger charge is 2.37. The SMILES string of the molecule is CC[C@H](C)[C@H](NC(=O)[C@H](Cc1ccc(O)cc1)NC(=O)[C@H](CC(N)=O)NC(=O)[C@H](CO)NC(=O)[C@H](CO)NC(=O)[C@H](CC(=O)O)NC(=O)[C@@H](N)CO)C(=O)N[C@H](C(=O)N[C@@H](CCCN=C(N)N)C(=O)O)[C@@H](C)O. The Labute approximate surface area is 417 Å². The molecule has 31 nitrogen and oxygen atoms in total. The molecule has 23 N–H and O–H groups in total. The van der Waals surface area contributed by atoms with E-state index in [9.17, 15) is 83.4 Å². The Kier molecular flexibility index (Phi) is 27.4. The normalized spacial score (nSPS) is 15.5. The zero-order chi connectivity index (χ0) is 55.7. The van der Waals surface area contributed by atoms with Crippen LogP contribution < -0.4 is 65.5 Å². The monoisotopic (exact) mass is 1040 g/mol. The van der Waals surface area contributed by atoms with Crippen molar-refractivity contribution in [3.63, 3.8) is 0 Å². The summed E-state index contributed by atoms with van der Waals surface area (Å²) in [6.07, 6.45) is -3.86. The quantitative estimate of drug-likeness (QED) is 0.0177. The van der Waals surface area contributed by atoms with Crippen molar-refractivity contribution in [1.29, 1.82) is 0 Å². The number of carbonyl (C=O) groups excluding carboxylic acids is 9. The lowest BCUT2D eigenvalue weighted by Crippen LogP contribution is -2.62. The van der Waals surface area contributed by atoms with Gasteiger partial charge in [-0.05, 0) is 43.4 Å². The van der Waals surface area contributed by atoms with Gasteiger partial charge >= 0.3 is 11.9 Å². The Balaban J connectivity index is 3.45. The number of aliphatic hydroxyl groups is 4. The first-order valence-electron chi connectivity index (χ1n) is 22.4. The predicted molar refractivity (Wildman–Crippen MR) is 251 cm³/mol. The highest BCUT2D eigenvalue weighted by Crippen LogP contribution is 2.14. The number of nitrogens with two attached hydrogens (primary N) is 4. The van der Waals surface area contributed by atoms with Crippen LogP contribution in [0.15, 0.2) is 29.3 Å². The number of phenols is 1. The molecule has 0 bridgehead atoms. The number of aliphatic carboxylic acids is 2. The second-order valence-corrected chi connectivity index (χ2v) is 16.5. The van der Waals surface area contributed by atoms with Gasteiger partial charge in [0.1, 0.15) is 60.1 Å². The molecule has 408 valence electrons. The van der Waals surface area contributed by atoms with Crippen molar-refractivity contribution in [3.8, 4) is 5.75 Å². The van der Waals surface area contributed by atoms with Crippen LogP contribution in [0.5, 0.6) is 5.75 Å². The number of rotatable bonds is 33. The first-order valence-corrected chi connectivity index (χ1v) is 22.4. The Bertz CT molecular complexity index is 2130. The molecule has 0 aliphatic rings. The van der Waals surface area contributed by atoms with E-state index in [1.165, 1.54) is 31.2 Å². The highest BCUT2D eigenvalue weighted by molar-refractivity contribution is 5.99. The van der Waals surface area contributed by atoms with E-state index in [0.29, 0.717) is 5.56 Å². The number of guanidine groups is 1. The fourth-order valence-electron chi connectivity index (χ4n) is 6.34. The van der Waals surface area contributed by atoms with Crippen LogP contribution in [-0.4, -0.2) is 194 Å². The number of hydrogen-bond donors (Lipinski definition) is 19. The van der Waals surface area contributed by atoms with Crippen LogP contribution >= 0.6 is 0 Å². The number of benzene rings is 1. The van der Waals surface area contributed by atoms with Crippen LogP contribution in [0.2, 0.25) is 0 Å². The molecule has 0 saturated heterocycles. The molecular weight excluding hydrogens is 975 g/mol. The molecule has 0 fully saturated rings. The number of aromatic hydroxyl groups is 1. The van der Waals surface area contributed by atoms with Gasteiger partial charge in [-0.1, -0.05) is 32.4 Å². The van der Waals surface area contributed by atoms with E-state index in [0.717, 1.165) is 6.92 Å². The minimum atomic E-state index is -2.01. The number of phenolic OH excluding ortho intramolecular Hbond substituents is 1. The molecular formula is C42H67N13O18. The van der Waals surface area contributed by atoms with Crippen molar-refractivity contribution in [2.24, 2.45) is 33.8 Å². The number of primary amides is 1. The van der Waals surface area contributed by atoms with Gasteiger partial charge in [-0.15, -0.1) is 0 Å². The number of aliphatic hydroxyl groups excluding tert-OH is 4. The van der Waals surface area contributed by atoms with Gasteiger partial charge in [0.05, 0.1) is 38.8 Å². The minimum Gasteiger partial charge on any atom is -0.508 e. The maximum absolute atomic E-state index is 14.2. The minimum absolute atomic E-state index is 0.0290. The number of nitrogens with one attached hydrogen (secondary N) is 8. The summed E-state index contributed by atoms with van der Waals surface area (Å²) in [6.45, 7) is 1.02. The van der Waals surface area contributed by atoms with Gasteiger partial charge in [0.25, 0.3) is 0 Å². The Morgan fingerprint density at radius 2 is 1.01 bits per heavy atom. The van der Waals surface area contributed by atoms with E-state index in [-0.39, 0.29) is 37.5 Å². The summed E-state index contributed by atoms with van der Waals surface area (Å²) < 4.78 is 0. The van der Waals surface area contributed by atoms with Gasteiger partial charge in [0.2, 0.25) is 53.2 Å². The number of carboxylic acid groups (broad SMARTS) is 2. The van der Waals surface area contributed by atoms with Crippen molar-refractivity contribution in [2.45, 2.75) is 120 Å². The fraction of sp³-hybridized carbons (Fsp3) is 0.571. The molecule has 1 rings (SSSR count). The summed E-state index contributed by atoms with van der Waals surface area (Å²) in [5.41, 5.74) is 21.6. The Morgan fingerprint density at radius 3 is 1.47 bits per heavy atom. The molecule has 0 aromatic heterocycles. The number of hydrogen-bond acceptors (Lipinski definition) is 18. The van der Waals surface area contributed by atoms with Gasteiger partial charge in [-0.2, -0.15) is 0 Å². The largest absolute Gasteiger partial charge is 0.508 e. The van der Waals surface area contributed by atoms with Gasteiger partial charge in [-0.3, -0.25) is 52.9 Å². The summed E-state index contributed by atoms with van der Waals surface area (Å²) in [5.74, 6) is -15.1. The topological polar surface area (TPSA) is 542 Å². The maximum Gasteiger partial charge on any atom is 0.326 e. The van der Waals surface area contributed by atoms with Crippen LogP contribution in [0.4, 0.5) is 0 Å². The summed E-state index contributed by atoms with van der Waals surface area (Å²) >= 11 is 0. The first-order chi connectivity index (χ1) is 34.2. The molecule has 0 spiro atoms. The summed E-state index contributed by atoms with van der Waals surface area (Å²) in [6, 6.07) is -10.7. The fourth-order valence-corrected chi connectivity index (χ4v) is 6.34. The average molecular weight is 1040 g/mol. The van der Waals surface area contributed by atoms with E-state index in [1.807, 2.05) is 16.0 Å². The molecule has 0 aliphatic carbocycles. The van der Waals surface area contributed by atoms with Crippen LogP contribution in [0.1, 0.15) is 58.4 Å². The molecule has 11 atom stereocenters. The third kappa shape index (κ3) is 22.5. The van der Waals surface area contributed by atoms with Crippen LogP contribution in [0.25, 0.3) is 0 Å². The van der Waals surface area contributed by atoms with E-state index in [4.69, 9.17) is 28.0 Å². The number of amides is 9. The molecule has 0 saturated carbocycles. The maximum atomic E-state index is 14.2. The Hall–Kier alpha value is -7.74. The lowest BCUT2D eigenvalue weighted by Gasteiger charge is -2.30. The van der Waals surface area contributed by atoms with Crippen molar-refractivity contribution in [2.75, 3.05) is 26.4 Å². The van der Waals surface area contributed by atoms with Gasteiger partial charge < -0.3 is 101 Å². The third-order valence-electron chi connectivity index (χ3n) is 10.6. The predicted octanol–water partition coefficient (Wildman–Crippen LogP) is -8.97. The zero-order valence-corrected chi connectivity index (χ0v) is 40.1. The first kappa shape index (κ1) is 63.3. The van der Waals surface area contributed by atoms with E-state index < -0.39 is 171 Å². The smallest absolute Gasteiger partial charge is 0.326 e. The lowest BCUT2D eigenvalue weighted by atomic mass is 9.96. The molecule has 1 aromatic carbocycles. The van der Waals surface area contributed by atoms with Gasteiger partial charge in [0.15, 0.2) is 5.96 Å². The Morgan fingerprint density at radius 1 is 0.575 bits per heavy atom.